The lowest BCUT2D eigenvalue weighted by Crippen LogP contribution is -2.50. The smallest absolute Gasteiger partial charge is 0.329 e. The van der Waals surface area contributed by atoms with Crippen LogP contribution in [0.1, 0.15) is 31.7 Å². The van der Waals surface area contributed by atoms with Gasteiger partial charge in [0.15, 0.2) is 0 Å². The van der Waals surface area contributed by atoms with Gasteiger partial charge >= 0.3 is 5.97 Å². The van der Waals surface area contributed by atoms with Gasteiger partial charge in [-0.25, -0.2) is 4.79 Å². The van der Waals surface area contributed by atoms with E-state index in [1.807, 2.05) is 12.1 Å². The summed E-state index contributed by atoms with van der Waals surface area (Å²) >= 11 is 0. The lowest BCUT2D eigenvalue weighted by atomic mass is 9.98. The Morgan fingerprint density at radius 1 is 1.22 bits per heavy atom. The van der Waals surface area contributed by atoms with Gasteiger partial charge in [-0.05, 0) is 43.9 Å². The summed E-state index contributed by atoms with van der Waals surface area (Å²) in [7, 11) is 3.15. The zero-order valence-electron chi connectivity index (χ0n) is 13.8. The number of methoxy groups -OCH3 is 2. The Hall–Kier alpha value is -2.24. The van der Waals surface area contributed by atoms with E-state index in [4.69, 9.17) is 9.47 Å². The predicted octanol–water partition coefficient (Wildman–Crippen LogP) is 2.10. The van der Waals surface area contributed by atoms with Crippen molar-refractivity contribution in [1.29, 1.82) is 0 Å². The molecule has 6 nitrogen and oxygen atoms in total. The average molecular weight is 321 g/mol. The highest BCUT2D eigenvalue weighted by Crippen LogP contribution is 2.30. The lowest BCUT2D eigenvalue weighted by Gasteiger charge is -2.31. The Morgan fingerprint density at radius 3 is 2.35 bits per heavy atom. The average Bonchev–Trinajstić information content (AvgIpc) is 2.95. The molecule has 0 saturated carbocycles. The van der Waals surface area contributed by atoms with Crippen molar-refractivity contribution in [3.05, 3.63) is 23.8 Å². The number of carboxylic acids is 1. The molecule has 0 spiro atoms. The molecule has 1 unspecified atom stereocenters. The molecule has 23 heavy (non-hydrogen) atoms. The molecule has 0 radical (unpaired) electrons. The van der Waals surface area contributed by atoms with Crippen molar-refractivity contribution in [3.8, 4) is 11.5 Å². The van der Waals surface area contributed by atoms with Gasteiger partial charge in [-0.3, -0.25) is 4.79 Å². The van der Waals surface area contributed by atoms with Gasteiger partial charge in [-0.15, -0.1) is 0 Å². The van der Waals surface area contributed by atoms with E-state index in [0.29, 0.717) is 30.9 Å². The molecule has 6 heteroatoms. The normalized spacial score (nSPS) is 20.4. The summed E-state index contributed by atoms with van der Waals surface area (Å²) in [5, 5.41) is 9.39. The minimum atomic E-state index is -1.08. The first kappa shape index (κ1) is 17.1. The number of ether oxygens (including phenoxy) is 2. The number of likely N-dealkylation sites (tertiary alicyclic amines) is 1. The molecule has 1 atom stereocenters. The number of benzene rings is 1. The summed E-state index contributed by atoms with van der Waals surface area (Å²) < 4.78 is 10.4. The van der Waals surface area contributed by atoms with Gasteiger partial charge in [0.1, 0.15) is 17.0 Å². The van der Waals surface area contributed by atoms with Gasteiger partial charge in [-0.2, -0.15) is 0 Å². The standard InChI is InChI=1S/C17H23NO5/c1-17(16(20)21)7-4-8-18(17)15(19)6-5-12-9-13(22-2)11-14(10-12)23-3/h9-11H,4-8H2,1-3H3,(H,20,21). The molecule has 1 aromatic rings. The topological polar surface area (TPSA) is 76.1 Å². The first-order valence-corrected chi connectivity index (χ1v) is 7.66. The molecule has 1 fully saturated rings. The first-order valence-electron chi connectivity index (χ1n) is 7.66. The zero-order valence-corrected chi connectivity index (χ0v) is 13.8. The third-order valence-corrected chi connectivity index (χ3v) is 4.44. The predicted molar refractivity (Wildman–Crippen MR) is 84.9 cm³/mol. The monoisotopic (exact) mass is 321 g/mol. The van der Waals surface area contributed by atoms with E-state index in [9.17, 15) is 14.7 Å². The number of carboxylic acid groups (broad SMARTS) is 1. The van der Waals surface area contributed by atoms with Crippen LogP contribution in [-0.4, -0.2) is 48.2 Å². The molecule has 0 aliphatic carbocycles. The van der Waals surface area contributed by atoms with Gasteiger partial charge in [-0.1, -0.05) is 0 Å². The SMILES string of the molecule is COc1cc(CCC(=O)N2CCCC2(C)C(=O)O)cc(OC)c1. The maximum absolute atomic E-state index is 12.4. The summed E-state index contributed by atoms with van der Waals surface area (Å²) in [6, 6.07) is 5.49. The number of hydrogen-bond donors (Lipinski definition) is 1. The molecule has 1 aromatic carbocycles. The minimum absolute atomic E-state index is 0.130. The molecule has 1 aliphatic heterocycles. The first-order chi connectivity index (χ1) is 10.9. The van der Waals surface area contributed by atoms with Gasteiger partial charge < -0.3 is 19.5 Å². The van der Waals surface area contributed by atoms with E-state index < -0.39 is 11.5 Å². The Bertz CT molecular complexity index is 578. The van der Waals surface area contributed by atoms with Crippen LogP contribution in [0.5, 0.6) is 11.5 Å². The van der Waals surface area contributed by atoms with E-state index in [1.54, 1.807) is 27.2 Å². The molecule has 1 amide bonds. The van der Waals surface area contributed by atoms with E-state index in [0.717, 1.165) is 12.0 Å². The number of carbonyl (C=O) groups excluding carboxylic acids is 1. The Labute approximate surface area is 136 Å². The quantitative estimate of drug-likeness (QED) is 0.868. The second kappa shape index (κ2) is 6.89. The Kier molecular flexibility index (Phi) is 5.13. The molecular weight excluding hydrogens is 298 g/mol. The number of amides is 1. The van der Waals surface area contributed by atoms with Crippen LogP contribution in [0.2, 0.25) is 0 Å². The summed E-state index contributed by atoms with van der Waals surface area (Å²) in [6.45, 7) is 2.12. The zero-order chi connectivity index (χ0) is 17.0. The highest BCUT2D eigenvalue weighted by molar-refractivity contribution is 5.87. The van der Waals surface area contributed by atoms with Crippen molar-refractivity contribution in [2.75, 3.05) is 20.8 Å². The van der Waals surface area contributed by atoms with Crippen molar-refractivity contribution < 1.29 is 24.2 Å². The second-order valence-electron chi connectivity index (χ2n) is 5.95. The highest BCUT2D eigenvalue weighted by Gasteiger charge is 2.45. The molecule has 126 valence electrons. The fraction of sp³-hybridized carbons (Fsp3) is 0.529. The van der Waals surface area contributed by atoms with Crippen molar-refractivity contribution >= 4 is 11.9 Å². The van der Waals surface area contributed by atoms with Gasteiger partial charge in [0.25, 0.3) is 0 Å². The van der Waals surface area contributed by atoms with E-state index in [1.165, 1.54) is 4.90 Å². The highest BCUT2D eigenvalue weighted by atomic mass is 16.5. The van der Waals surface area contributed by atoms with Crippen molar-refractivity contribution in [3.63, 3.8) is 0 Å². The number of nitrogens with zero attached hydrogens (tertiary/aromatic N) is 1. The van der Waals surface area contributed by atoms with E-state index in [-0.39, 0.29) is 12.3 Å². The van der Waals surface area contributed by atoms with Crippen LogP contribution in [0.3, 0.4) is 0 Å². The Morgan fingerprint density at radius 2 is 1.83 bits per heavy atom. The van der Waals surface area contributed by atoms with Crippen molar-refractivity contribution in [2.45, 2.75) is 38.1 Å². The van der Waals surface area contributed by atoms with Crippen LogP contribution >= 0.6 is 0 Å². The van der Waals surface area contributed by atoms with Gasteiger partial charge in [0.2, 0.25) is 5.91 Å². The van der Waals surface area contributed by atoms with Crippen LogP contribution in [0.25, 0.3) is 0 Å². The van der Waals surface area contributed by atoms with Crippen LogP contribution in [0, 0.1) is 0 Å². The van der Waals surface area contributed by atoms with Crippen molar-refractivity contribution in [2.24, 2.45) is 0 Å². The molecule has 1 heterocycles. The fourth-order valence-electron chi connectivity index (χ4n) is 2.98. The van der Waals surface area contributed by atoms with Gasteiger partial charge in [0.05, 0.1) is 14.2 Å². The number of rotatable bonds is 6. The number of hydrogen-bond acceptors (Lipinski definition) is 4. The molecule has 0 aromatic heterocycles. The third kappa shape index (κ3) is 3.57. The van der Waals surface area contributed by atoms with Crippen LogP contribution in [0.4, 0.5) is 0 Å². The summed E-state index contributed by atoms with van der Waals surface area (Å²) in [4.78, 5) is 25.4. The van der Waals surface area contributed by atoms with E-state index in [2.05, 4.69) is 0 Å². The summed E-state index contributed by atoms with van der Waals surface area (Å²) in [5.74, 6) is 0.271. The molecule has 2 rings (SSSR count). The van der Waals surface area contributed by atoms with Crippen LogP contribution in [-0.2, 0) is 16.0 Å². The largest absolute Gasteiger partial charge is 0.497 e. The van der Waals surface area contributed by atoms with Crippen molar-refractivity contribution in [1.82, 2.24) is 4.90 Å². The summed E-state index contributed by atoms with van der Waals surface area (Å²) in [5.41, 5.74) is -0.158. The Balaban J connectivity index is 2.06. The molecule has 0 bridgehead atoms. The molecule has 1 aliphatic rings. The second-order valence-corrected chi connectivity index (χ2v) is 5.95. The molecular formula is C17H23NO5. The maximum Gasteiger partial charge on any atom is 0.329 e. The fourth-order valence-corrected chi connectivity index (χ4v) is 2.98. The van der Waals surface area contributed by atoms with Crippen LogP contribution in [0.15, 0.2) is 18.2 Å². The number of aryl methyl sites for hydroxylation is 1. The maximum atomic E-state index is 12.4. The van der Waals surface area contributed by atoms with E-state index >= 15 is 0 Å². The molecule has 1 N–H and O–H groups in total. The van der Waals surface area contributed by atoms with Crippen LogP contribution < -0.4 is 9.47 Å². The number of carbonyl (C=O) groups is 2. The lowest BCUT2D eigenvalue weighted by molar-refractivity contribution is -0.155. The molecule has 1 saturated heterocycles. The minimum Gasteiger partial charge on any atom is -0.497 e. The summed E-state index contributed by atoms with van der Waals surface area (Å²) in [6.07, 6.45) is 2.00. The number of aliphatic carboxylic acids is 1. The third-order valence-electron chi connectivity index (χ3n) is 4.44. The van der Waals surface area contributed by atoms with Gasteiger partial charge in [0, 0.05) is 19.0 Å².